The maximum Gasteiger partial charge on any atom is 0.358 e. The Morgan fingerprint density at radius 1 is 1.69 bits per heavy atom. The van der Waals surface area contributed by atoms with E-state index in [1.54, 1.807) is 0 Å². The Morgan fingerprint density at radius 2 is 2.44 bits per heavy atom. The normalized spacial score (nSPS) is 20.1. The van der Waals surface area contributed by atoms with Crippen molar-refractivity contribution in [3.8, 4) is 0 Å². The molecule has 16 heavy (non-hydrogen) atoms. The van der Waals surface area contributed by atoms with Gasteiger partial charge >= 0.3 is 5.97 Å². The molecule has 0 bridgehead atoms. The van der Waals surface area contributed by atoms with Crippen molar-refractivity contribution in [2.24, 2.45) is 0 Å². The van der Waals surface area contributed by atoms with Crippen LogP contribution in [-0.2, 0) is 22.4 Å². The van der Waals surface area contributed by atoms with Gasteiger partial charge in [0.15, 0.2) is 5.69 Å². The molecule has 88 valence electrons. The van der Waals surface area contributed by atoms with Gasteiger partial charge in [0.2, 0.25) is 5.28 Å². The first-order chi connectivity index (χ1) is 7.63. The summed E-state index contributed by atoms with van der Waals surface area (Å²) in [6, 6.07) is 0. The van der Waals surface area contributed by atoms with Gasteiger partial charge in [-0.2, -0.15) is 0 Å². The largest absolute Gasteiger partial charge is 0.464 e. The summed E-state index contributed by atoms with van der Waals surface area (Å²) in [5, 5.41) is 0.313. The van der Waals surface area contributed by atoms with Gasteiger partial charge in [0, 0.05) is 6.42 Å². The minimum absolute atomic E-state index is 0.0680. The van der Waals surface area contributed by atoms with Gasteiger partial charge in [0.05, 0.1) is 32.1 Å². The van der Waals surface area contributed by atoms with Crippen LogP contribution in [0.25, 0.3) is 0 Å². The molecular formula is C10H13ClN2O3. The highest BCUT2D eigenvalue weighted by atomic mass is 35.5. The number of nitrogens with zero attached hydrogens (tertiary/aromatic N) is 2. The Hall–Kier alpha value is -1.07. The van der Waals surface area contributed by atoms with Gasteiger partial charge < -0.3 is 14.0 Å². The molecule has 1 atom stereocenters. The van der Waals surface area contributed by atoms with Gasteiger partial charge in [-0.1, -0.05) is 0 Å². The van der Waals surface area contributed by atoms with E-state index in [0.717, 1.165) is 5.69 Å². The maximum atomic E-state index is 11.5. The smallest absolute Gasteiger partial charge is 0.358 e. The average Bonchev–Trinajstić information content (AvgIpc) is 2.47. The van der Waals surface area contributed by atoms with Gasteiger partial charge in [-0.3, -0.25) is 0 Å². The van der Waals surface area contributed by atoms with E-state index in [1.165, 1.54) is 7.11 Å². The number of fused-ring (bicyclic) bond motifs is 1. The highest BCUT2D eigenvalue weighted by Gasteiger charge is 2.25. The monoisotopic (exact) mass is 244 g/mol. The van der Waals surface area contributed by atoms with Crippen molar-refractivity contribution in [2.45, 2.75) is 26.0 Å². The van der Waals surface area contributed by atoms with Gasteiger partial charge in [0.1, 0.15) is 0 Å². The summed E-state index contributed by atoms with van der Waals surface area (Å²) in [4.78, 5) is 15.5. The number of methoxy groups -OCH3 is 1. The quantitative estimate of drug-likeness (QED) is 0.699. The van der Waals surface area contributed by atoms with Crippen LogP contribution in [0.4, 0.5) is 0 Å². The van der Waals surface area contributed by atoms with Crippen molar-refractivity contribution < 1.29 is 14.3 Å². The van der Waals surface area contributed by atoms with Crippen LogP contribution in [0.3, 0.4) is 0 Å². The summed E-state index contributed by atoms with van der Waals surface area (Å²) < 4.78 is 12.0. The van der Waals surface area contributed by atoms with E-state index >= 15 is 0 Å². The summed E-state index contributed by atoms with van der Waals surface area (Å²) >= 11 is 5.99. The zero-order valence-corrected chi connectivity index (χ0v) is 9.95. The number of hydrogen-bond donors (Lipinski definition) is 0. The Balaban J connectivity index is 2.44. The van der Waals surface area contributed by atoms with Crippen LogP contribution < -0.4 is 0 Å². The Morgan fingerprint density at radius 3 is 3.12 bits per heavy atom. The van der Waals surface area contributed by atoms with E-state index in [4.69, 9.17) is 16.3 Å². The summed E-state index contributed by atoms with van der Waals surface area (Å²) in [6.45, 7) is 3.13. The Bertz CT molecular complexity index is 416. The minimum Gasteiger partial charge on any atom is -0.464 e. The summed E-state index contributed by atoms with van der Waals surface area (Å²) in [7, 11) is 1.33. The molecule has 0 N–H and O–H groups in total. The fraction of sp³-hybridized carbons (Fsp3) is 0.600. The first-order valence-electron chi connectivity index (χ1n) is 5.08. The molecule has 1 aromatic rings. The lowest BCUT2D eigenvalue weighted by atomic mass is 10.2. The van der Waals surface area contributed by atoms with Gasteiger partial charge in [-0.25, -0.2) is 9.78 Å². The van der Waals surface area contributed by atoms with Crippen LogP contribution in [0.1, 0.15) is 23.1 Å². The van der Waals surface area contributed by atoms with Crippen LogP contribution in [0.15, 0.2) is 0 Å². The van der Waals surface area contributed by atoms with Crippen molar-refractivity contribution in [1.82, 2.24) is 9.55 Å². The average molecular weight is 245 g/mol. The van der Waals surface area contributed by atoms with Gasteiger partial charge in [0.25, 0.3) is 0 Å². The fourth-order valence-corrected chi connectivity index (χ4v) is 2.08. The van der Waals surface area contributed by atoms with Crippen molar-refractivity contribution in [3.05, 3.63) is 16.7 Å². The Labute approximate surface area is 98.3 Å². The van der Waals surface area contributed by atoms with E-state index in [9.17, 15) is 4.79 Å². The second kappa shape index (κ2) is 4.43. The van der Waals surface area contributed by atoms with Gasteiger partial charge in [-0.05, 0) is 18.5 Å². The van der Waals surface area contributed by atoms with E-state index in [-0.39, 0.29) is 6.10 Å². The number of rotatable bonds is 1. The molecule has 2 rings (SSSR count). The third-order valence-corrected chi connectivity index (χ3v) is 2.87. The number of halogens is 1. The fourth-order valence-electron chi connectivity index (χ4n) is 1.82. The predicted octanol–water partition coefficient (Wildman–Crippen LogP) is 1.28. The third-order valence-electron chi connectivity index (χ3n) is 2.59. The van der Waals surface area contributed by atoms with Crippen molar-refractivity contribution in [3.63, 3.8) is 0 Å². The van der Waals surface area contributed by atoms with Crippen molar-refractivity contribution >= 4 is 17.6 Å². The van der Waals surface area contributed by atoms with Crippen LogP contribution in [0, 0.1) is 0 Å². The van der Waals surface area contributed by atoms with E-state index < -0.39 is 5.97 Å². The topological polar surface area (TPSA) is 53.3 Å². The molecular weight excluding hydrogens is 232 g/mol. The highest BCUT2D eigenvalue weighted by Crippen LogP contribution is 2.21. The molecule has 0 radical (unpaired) electrons. The number of hydrogen-bond acceptors (Lipinski definition) is 4. The second-order valence-electron chi connectivity index (χ2n) is 3.71. The molecule has 0 unspecified atom stereocenters. The predicted molar refractivity (Wildman–Crippen MR) is 57.7 cm³/mol. The summed E-state index contributed by atoms with van der Waals surface area (Å²) in [6.07, 6.45) is 0.688. The molecule has 0 saturated carbocycles. The number of esters is 1. The van der Waals surface area contributed by atoms with Gasteiger partial charge in [-0.15, -0.1) is 0 Å². The molecule has 2 heterocycles. The lowest BCUT2D eigenvalue weighted by Gasteiger charge is -2.09. The number of imidazole rings is 1. The first-order valence-corrected chi connectivity index (χ1v) is 5.46. The second-order valence-corrected chi connectivity index (χ2v) is 4.05. The number of carbonyl (C=O) groups is 1. The Kier molecular flexibility index (Phi) is 3.16. The van der Waals surface area contributed by atoms with E-state index in [0.29, 0.717) is 30.5 Å². The van der Waals surface area contributed by atoms with Crippen molar-refractivity contribution in [1.29, 1.82) is 0 Å². The van der Waals surface area contributed by atoms with Crippen LogP contribution in [-0.4, -0.2) is 35.3 Å². The zero-order valence-electron chi connectivity index (χ0n) is 9.20. The minimum atomic E-state index is -0.454. The number of ether oxygens (including phenoxy) is 2. The molecule has 0 amide bonds. The van der Waals surface area contributed by atoms with E-state index in [1.807, 2.05) is 11.5 Å². The lowest BCUT2D eigenvalue weighted by molar-refractivity contribution is 0.0591. The molecule has 1 aliphatic rings. The number of aromatic nitrogens is 2. The van der Waals surface area contributed by atoms with Crippen LogP contribution in [0.2, 0.25) is 5.28 Å². The van der Waals surface area contributed by atoms with Crippen molar-refractivity contribution in [2.75, 3.05) is 13.7 Å². The molecule has 6 heteroatoms. The molecule has 5 nitrogen and oxygen atoms in total. The highest BCUT2D eigenvalue weighted by molar-refractivity contribution is 6.28. The molecule has 1 aromatic heterocycles. The van der Waals surface area contributed by atoms with Crippen LogP contribution in [0.5, 0.6) is 0 Å². The SMILES string of the molecule is COC(=O)c1nc(Cl)n2c1CCO[C@H](C)C2. The molecule has 0 aliphatic carbocycles. The molecule has 0 saturated heterocycles. The zero-order chi connectivity index (χ0) is 11.7. The number of carbonyl (C=O) groups excluding carboxylic acids is 1. The molecule has 0 spiro atoms. The molecule has 0 fully saturated rings. The van der Waals surface area contributed by atoms with Crippen LogP contribution >= 0.6 is 11.6 Å². The molecule has 0 aromatic carbocycles. The maximum absolute atomic E-state index is 11.5. The third kappa shape index (κ3) is 1.92. The summed E-state index contributed by atoms with van der Waals surface area (Å²) in [5.74, 6) is -0.454. The molecule has 1 aliphatic heterocycles. The standard InChI is InChI=1S/C10H13ClN2O3/c1-6-5-13-7(3-4-16-6)8(9(14)15-2)12-10(13)11/h6H,3-5H2,1-2H3/t6-/m1/s1. The lowest BCUT2D eigenvalue weighted by Crippen LogP contribution is -2.14. The van der Waals surface area contributed by atoms with E-state index in [2.05, 4.69) is 9.72 Å². The summed E-state index contributed by atoms with van der Waals surface area (Å²) in [5.41, 5.74) is 1.09. The first kappa shape index (κ1) is 11.4.